The van der Waals surface area contributed by atoms with Gasteiger partial charge in [0, 0.05) is 26.4 Å². The predicted molar refractivity (Wildman–Crippen MR) is 76.5 cm³/mol. The average Bonchev–Trinajstić information content (AvgIpc) is 2.47. The molecule has 0 aromatic carbocycles. The first kappa shape index (κ1) is 15.4. The van der Waals surface area contributed by atoms with E-state index < -0.39 is 4.92 Å². The zero-order valence-electron chi connectivity index (χ0n) is 11.7. The fourth-order valence-electron chi connectivity index (χ4n) is 1.38. The van der Waals surface area contributed by atoms with Gasteiger partial charge < -0.3 is 10.1 Å². The van der Waals surface area contributed by atoms with Gasteiger partial charge in [-0.1, -0.05) is 0 Å². The highest BCUT2D eigenvalue weighted by Crippen LogP contribution is 2.13. The Morgan fingerprint density at radius 3 is 2.55 bits per heavy atom. The Morgan fingerprint density at radius 1 is 1.40 bits per heavy atom. The summed E-state index contributed by atoms with van der Waals surface area (Å²) in [5.41, 5.74) is 0.468. The number of nitrogens with one attached hydrogen (secondary N) is 1. The van der Waals surface area contributed by atoms with Crippen LogP contribution in [0.15, 0.2) is 59.9 Å². The van der Waals surface area contributed by atoms with Gasteiger partial charge in [-0.05, 0) is 37.3 Å². The molecule has 106 valence electrons. The van der Waals surface area contributed by atoms with Crippen LogP contribution in [0, 0.1) is 10.1 Å². The van der Waals surface area contributed by atoms with Crippen molar-refractivity contribution in [3.8, 4) is 5.75 Å². The largest absolute Gasteiger partial charge is 0.458 e. The highest BCUT2D eigenvalue weighted by Gasteiger charge is 2.08. The molecule has 1 rings (SSSR count). The van der Waals surface area contributed by atoms with Crippen LogP contribution in [0.25, 0.3) is 0 Å². The van der Waals surface area contributed by atoms with Gasteiger partial charge in [-0.3, -0.25) is 15.1 Å². The van der Waals surface area contributed by atoms with Crippen LogP contribution in [0.1, 0.15) is 13.8 Å². The van der Waals surface area contributed by atoms with Crippen LogP contribution < -0.4 is 10.1 Å². The van der Waals surface area contributed by atoms with E-state index in [4.69, 9.17) is 4.74 Å². The fraction of sp³-hybridized carbons (Fsp3) is 0.214. The van der Waals surface area contributed by atoms with Crippen LogP contribution in [0.3, 0.4) is 0 Å². The molecular formula is C14H17N3O3. The molecule has 0 amide bonds. The summed E-state index contributed by atoms with van der Waals surface area (Å²) in [6.45, 7) is 3.26. The number of hydrogen-bond donors (Lipinski definition) is 1. The van der Waals surface area contributed by atoms with Crippen molar-refractivity contribution in [1.82, 2.24) is 10.3 Å². The molecule has 1 aromatic rings. The summed E-state index contributed by atoms with van der Waals surface area (Å²) in [5, 5.41) is 13.5. The Balaban J connectivity index is 2.86. The molecule has 0 spiro atoms. The molecule has 1 N–H and O–H groups in total. The lowest BCUT2D eigenvalue weighted by molar-refractivity contribution is -0.425. The summed E-state index contributed by atoms with van der Waals surface area (Å²) in [6.07, 6.45) is 8.30. The second-order valence-corrected chi connectivity index (χ2v) is 3.82. The maximum atomic E-state index is 10.7. The Kier molecular flexibility index (Phi) is 5.96. The van der Waals surface area contributed by atoms with Crippen LogP contribution in [0.5, 0.6) is 5.75 Å². The lowest BCUT2D eigenvalue weighted by Crippen LogP contribution is -2.10. The van der Waals surface area contributed by atoms with Gasteiger partial charge in [0.05, 0.1) is 4.92 Å². The van der Waals surface area contributed by atoms with E-state index in [9.17, 15) is 10.1 Å². The van der Waals surface area contributed by atoms with E-state index in [2.05, 4.69) is 10.3 Å². The Labute approximate surface area is 117 Å². The van der Waals surface area contributed by atoms with Gasteiger partial charge in [0.2, 0.25) is 0 Å². The quantitative estimate of drug-likeness (QED) is 0.374. The highest BCUT2D eigenvalue weighted by molar-refractivity contribution is 5.28. The average molecular weight is 275 g/mol. The number of rotatable bonds is 6. The zero-order chi connectivity index (χ0) is 15.0. The van der Waals surface area contributed by atoms with E-state index in [0.717, 1.165) is 0 Å². The summed E-state index contributed by atoms with van der Waals surface area (Å²) in [4.78, 5) is 14.2. The van der Waals surface area contributed by atoms with Crippen molar-refractivity contribution in [2.45, 2.75) is 13.8 Å². The van der Waals surface area contributed by atoms with Gasteiger partial charge in [-0.2, -0.15) is 0 Å². The molecular weight excluding hydrogens is 258 g/mol. The fourth-order valence-corrected chi connectivity index (χ4v) is 1.38. The molecule has 0 aliphatic rings. The van der Waals surface area contributed by atoms with Gasteiger partial charge in [0.15, 0.2) is 0 Å². The third-order valence-corrected chi connectivity index (χ3v) is 2.52. The van der Waals surface area contributed by atoms with Crippen LogP contribution in [-0.2, 0) is 0 Å². The summed E-state index contributed by atoms with van der Waals surface area (Å²) in [6, 6.07) is 3.46. The van der Waals surface area contributed by atoms with Crippen molar-refractivity contribution in [3.63, 3.8) is 0 Å². The minimum absolute atomic E-state index is 0.0446. The summed E-state index contributed by atoms with van der Waals surface area (Å²) < 4.78 is 5.61. The standard InChI is InChI=1S/C14H17N3O3/c1-4-12(20-13-7-9-16-10-8-13)5-6-14(15-3)11(2)17(18)19/h4-10,15H,1-3H3/b6-5-,12-4+,14-11-. The minimum atomic E-state index is -0.435. The molecule has 6 heteroatoms. The molecule has 0 atom stereocenters. The molecule has 0 saturated carbocycles. The number of allylic oxidation sites excluding steroid dienone is 4. The molecule has 1 heterocycles. The Bertz CT molecular complexity index is 548. The molecule has 20 heavy (non-hydrogen) atoms. The maximum Gasteiger partial charge on any atom is 0.266 e. The Morgan fingerprint density at radius 2 is 2.05 bits per heavy atom. The molecule has 0 saturated heterocycles. The second kappa shape index (κ2) is 7.73. The van der Waals surface area contributed by atoms with E-state index in [-0.39, 0.29) is 5.70 Å². The number of nitrogens with zero attached hydrogens (tertiary/aromatic N) is 2. The third kappa shape index (κ3) is 4.56. The number of pyridine rings is 1. The van der Waals surface area contributed by atoms with Gasteiger partial charge in [0.1, 0.15) is 17.2 Å². The monoisotopic (exact) mass is 275 g/mol. The number of likely N-dealkylation sites (N-methyl/N-ethyl adjacent to an activating group) is 1. The second-order valence-electron chi connectivity index (χ2n) is 3.82. The molecule has 6 nitrogen and oxygen atoms in total. The van der Waals surface area contributed by atoms with Gasteiger partial charge in [0.25, 0.3) is 5.70 Å². The van der Waals surface area contributed by atoms with Gasteiger partial charge in [-0.15, -0.1) is 0 Å². The maximum absolute atomic E-state index is 10.7. The third-order valence-electron chi connectivity index (χ3n) is 2.52. The minimum Gasteiger partial charge on any atom is -0.458 e. The van der Waals surface area contributed by atoms with Crippen molar-refractivity contribution in [3.05, 3.63) is 70.0 Å². The molecule has 0 aliphatic heterocycles. The van der Waals surface area contributed by atoms with E-state index in [1.54, 1.807) is 49.8 Å². The molecule has 0 unspecified atom stereocenters. The van der Waals surface area contributed by atoms with Crippen LogP contribution in [0.4, 0.5) is 0 Å². The SMILES string of the molecule is C\C=C(/C=C\C(NC)=C(/C)[N+](=O)[O-])Oc1ccncc1. The first-order chi connectivity index (χ1) is 9.58. The van der Waals surface area contributed by atoms with Crippen LogP contribution >= 0.6 is 0 Å². The first-order valence-electron chi connectivity index (χ1n) is 6.03. The normalized spacial score (nSPS) is 13.1. The number of ether oxygens (including phenoxy) is 1. The molecule has 0 aliphatic carbocycles. The molecule has 1 aromatic heterocycles. The summed E-state index contributed by atoms with van der Waals surface area (Å²) >= 11 is 0. The van der Waals surface area contributed by atoms with Crippen molar-refractivity contribution >= 4 is 0 Å². The molecule has 0 bridgehead atoms. The predicted octanol–water partition coefficient (Wildman–Crippen LogP) is 2.65. The van der Waals surface area contributed by atoms with Crippen molar-refractivity contribution in [2.24, 2.45) is 0 Å². The summed E-state index contributed by atoms with van der Waals surface area (Å²) in [7, 11) is 1.63. The van der Waals surface area contributed by atoms with E-state index >= 15 is 0 Å². The van der Waals surface area contributed by atoms with Crippen molar-refractivity contribution in [1.29, 1.82) is 0 Å². The lowest BCUT2D eigenvalue weighted by Gasteiger charge is -2.06. The number of nitro groups is 1. The highest BCUT2D eigenvalue weighted by atomic mass is 16.6. The van der Waals surface area contributed by atoms with Gasteiger partial charge in [-0.25, -0.2) is 0 Å². The topological polar surface area (TPSA) is 77.3 Å². The lowest BCUT2D eigenvalue weighted by atomic mass is 10.3. The van der Waals surface area contributed by atoms with Gasteiger partial charge >= 0.3 is 0 Å². The van der Waals surface area contributed by atoms with Crippen molar-refractivity contribution in [2.75, 3.05) is 7.05 Å². The Hall–Kier alpha value is -2.63. The molecule has 0 radical (unpaired) electrons. The number of aromatic nitrogens is 1. The van der Waals surface area contributed by atoms with E-state index in [0.29, 0.717) is 17.2 Å². The van der Waals surface area contributed by atoms with Crippen LogP contribution in [-0.4, -0.2) is 17.0 Å². The van der Waals surface area contributed by atoms with E-state index in [1.165, 1.54) is 6.92 Å². The molecule has 0 fully saturated rings. The van der Waals surface area contributed by atoms with Crippen LogP contribution in [0.2, 0.25) is 0 Å². The summed E-state index contributed by atoms with van der Waals surface area (Å²) in [5.74, 6) is 1.24. The number of hydrogen-bond acceptors (Lipinski definition) is 5. The smallest absolute Gasteiger partial charge is 0.266 e. The van der Waals surface area contributed by atoms with Crippen molar-refractivity contribution < 1.29 is 9.66 Å². The zero-order valence-corrected chi connectivity index (χ0v) is 11.7. The first-order valence-corrected chi connectivity index (χ1v) is 6.03. The van der Waals surface area contributed by atoms with E-state index in [1.807, 2.05) is 6.92 Å².